The van der Waals surface area contributed by atoms with Crippen LogP contribution in [0, 0.1) is 6.92 Å². The lowest BCUT2D eigenvalue weighted by Gasteiger charge is -2.14. The molecule has 0 bridgehead atoms. The minimum Gasteiger partial charge on any atom is -0.370 e. The Hall–Kier alpha value is -3.55. The van der Waals surface area contributed by atoms with Gasteiger partial charge in [0.05, 0.1) is 5.69 Å². The van der Waals surface area contributed by atoms with Gasteiger partial charge in [-0.3, -0.25) is 9.59 Å². The van der Waals surface area contributed by atoms with Crippen LogP contribution in [0.5, 0.6) is 0 Å². The van der Waals surface area contributed by atoms with Crippen LogP contribution in [-0.2, 0) is 4.79 Å². The molecule has 0 radical (unpaired) electrons. The van der Waals surface area contributed by atoms with Gasteiger partial charge in [-0.25, -0.2) is 4.68 Å². The van der Waals surface area contributed by atoms with Crippen molar-refractivity contribution in [1.82, 2.24) is 25.5 Å². The summed E-state index contributed by atoms with van der Waals surface area (Å²) >= 11 is 0. The number of aryl methyl sites for hydroxylation is 1. The van der Waals surface area contributed by atoms with Gasteiger partial charge in [0.1, 0.15) is 6.33 Å². The maximum Gasteiger partial charge on any atom is 0.251 e. The average molecular weight is 364 g/mol. The average Bonchev–Trinajstić information content (AvgIpc) is 3.16. The molecule has 138 valence electrons. The third-order valence-corrected chi connectivity index (χ3v) is 4.06. The molecule has 0 aliphatic rings. The lowest BCUT2D eigenvalue weighted by Crippen LogP contribution is -2.35. The van der Waals surface area contributed by atoms with Crippen LogP contribution in [0.15, 0.2) is 48.8 Å². The molecule has 1 aromatic heterocycles. The molecule has 0 aliphatic heterocycles. The lowest BCUT2D eigenvalue weighted by molar-refractivity contribution is -0.118. The van der Waals surface area contributed by atoms with Crippen LogP contribution in [-0.4, -0.2) is 38.1 Å². The Labute approximate surface area is 156 Å². The van der Waals surface area contributed by atoms with Crippen molar-refractivity contribution >= 4 is 11.8 Å². The fraction of sp³-hybridized carbons (Fsp3) is 0.211. The van der Waals surface area contributed by atoms with Crippen molar-refractivity contribution in [2.45, 2.75) is 26.3 Å². The van der Waals surface area contributed by atoms with E-state index in [1.54, 1.807) is 19.1 Å². The lowest BCUT2D eigenvalue weighted by atomic mass is 10.0. The first-order valence-electron chi connectivity index (χ1n) is 8.47. The molecule has 0 saturated carbocycles. The number of hydrogen-bond donors (Lipinski definition) is 2. The Kier molecular flexibility index (Phi) is 5.25. The van der Waals surface area contributed by atoms with Gasteiger partial charge in [0, 0.05) is 18.0 Å². The van der Waals surface area contributed by atoms with Crippen molar-refractivity contribution in [2.24, 2.45) is 5.73 Å². The van der Waals surface area contributed by atoms with E-state index in [1.807, 2.05) is 37.3 Å². The molecule has 8 nitrogen and oxygen atoms in total. The molecule has 3 aromatic rings. The van der Waals surface area contributed by atoms with Crippen molar-refractivity contribution in [3.05, 3.63) is 59.9 Å². The Morgan fingerprint density at radius 2 is 1.89 bits per heavy atom. The number of carbonyl (C=O) groups excluding carboxylic acids is 2. The number of rotatable bonds is 6. The molecule has 0 saturated heterocycles. The van der Waals surface area contributed by atoms with Crippen LogP contribution >= 0.6 is 0 Å². The number of primary amides is 1. The Balaban J connectivity index is 1.98. The monoisotopic (exact) mass is 364 g/mol. The van der Waals surface area contributed by atoms with E-state index in [-0.39, 0.29) is 18.4 Å². The number of nitrogens with zero attached hydrogens (tertiary/aromatic N) is 4. The number of hydrogen-bond acceptors (Lipinski definition) is 5. The molecule has 3 rings (SSSR count). The van der Waals surface area contributed by atoms with Crippen LogP contribution < -0.4 is 11.1 Å². The molecule has 0 spiro atoms. The van der Waals surface area contributed by atoms with Gasteiger partial charge in [-0.15, -0.1) is 5.10 Å². The molecular formula is C19H20N6O2. The number of benzene rings is 2. The summed E-state index contributed by atoms with van der Waals surface area (Å²) < 4.78 is 1.49. The maximum atomic E-state index is 12.7. The van der Waals surface area contributed by atoms with Crippen molar-refractivity contribution in [1.29, 1.82) is 0 Å². The van der Waals surface area contributed by atoms with Gasteiger partial charge in [0.15, 0.2) is 0 Å². The maximum absolute atomic E-state index is 12.7. The SMILES string of the molecule is Cc1ccc(-c2cc(C(=O)NC(C)CC(N)=O)cc(-n3cnnn3)c2)cc1. The summed E-state index contributed by atoms with van der Waals surface area (Å²) in [5, 5.41) is 14.0. The van der Waals surface area contributed by atoms with E-state index >= 15 is 0 Å². The first kappa shape index (κ1) is 18.2. The summed E-state index contributed by atoms with van der Waals surface area (Å²) in [5.41, 5.74) is 9.26. The van der Waals surface area contributed by atoms with E-state index in [1.165, 1.54) is 11.0 Å². The molecule has 0 aliphatic carbocycles. The van der Waals surface area contributed by atoms with Crippen LogP contribution in [0.25, 0.3) is 16.8 Å². The van der Waals surface area contributed by atoms with Gasteiger partial charge in [0.2, 0.25) is 5.91 Å². The third kappa shape index (κ3) is 4.55. The second-order valence-corrected chi connectivity index (χ2v) is 6.43. The van der Waals surface area contributed by atoms with Gasteiger partial charge in [-0.05, 0) is 53.6 Å². The number of carbonyl (C=O) groups is 2. The second-order valence-electron chi connectivity index (χ2n) is 6.43. The molecule has 27 heavy (non-hydrogen) atoms. The molecule has 3 N–H and O–H groups in total. The van der Waals surface area contributed by atoms with Gasteiger partial charge < -0.3 is 11.1 Å². The number of tetrazole rings is 1. The molecule has 1 atom stereocenters. The predicted molar refractivity (Wildman–Crippen MR) is 100 cm³/mol. The van der Waals surface area contributed by atoms with Crippen LogP contribution in [0.1, 0.15) is 29.3 Å². The highest BCUT2D eigenvalue weighted by molar-refractivity contribution is 5.96. The number of amides is 2. The summed E-state index contributed by atoms with van der Waals surface area (Å²) in [5.74, 6) is -0.766. The topological polar surface area (TPSA) is 116 Å². The first-order chi connectivity index (χ1) is 12.9. The molecule has 1 unspecified atom stereocenters. The van der Waals surface area contributed by atoms with Crippen LogP contribution in [0.3, 0.4) is 0 Å². The van der Waals surface area contributed by atoms with E-state index in [2.05, 4.69) is 20.8 Å². The van der Waals surface area contributed by atoms with Crippen LogP contribution in [0.4, 0.5) is 0 Å². The molecule has 2 aromatic carbocycles. The fourth-order valence-corrected chi connectivity index (χ4v) is 2.73. The van der Waals surface area contributed by atoms with Crippen molar-refractivity contribution in [3.8, 4) is 16.8 Å². The van der Waals surface area contributed by atoms with Crippen LogP contribution in [0.2, 0.25) is 0 Å². The smallest absolute Gasteiger partial charge is 0.251 e. The van der Waals surface area contributed by atoms with Gasteiger partial charge in [-0.1, -0.05) is 29.8 Å². The third-order valence-electron chi connectivity index (χ3n) is 4.06. The van der Waals surface area contributed by atoms with E-state index in [0.717, 1.165) is 16.7 Å². The minimum absolute atomic E-state index is 0.0727. The summed E-state index contributed by atoms with van der Waals surface area (Å²) in [6.07, 6.45) is 1.54. The normalized spacial score (nSPS) is 11.8. The minimum atomic E-state index is -0.467. The summed E-state index contributed by atoms with van der Waals surface area (Å²) in [7, 11) is 0. The van der Waals surface area contributed by atoms with E-state index < -0.39 is 5.91 Å². The highest BCUT2D eigenvalue weighted by Crippen LogP contribution is 2.24. The number of nitrogens with two attached hydrogens (primary N) is 1. The zero-order valence-electron chi connectivity index (χ0n) is 15.1. The quantitative estimate of drug-likeness (QED) is 0.690. The second kappa shape index (κ2) is 7.77. The Morgan fingerprint density at radius 1 is 1.15 bits per heavy atom. The predicted octanol–water partition coefficient (Wildman–Crippen LogP) is 1.63. The molecule has 8 heteroatoms. The Morgan fingerprint density at radius 3 is 2.52 bits per heavy atom. The van der Waals surface area contributed by atoms with E-state index in [0.29, 0.717) is 11.3 Å². The van der Waals surface area contributed by atoms with Gasteiger partial charge in [0.25, 0.3) is 5.91 Å². The Bertz CT molecular complexity index is 951. The summed E-state index contributed by atoms with van der Waals surface area (Å²) in [4.78, 5) is 23.7. The zero-order valence-corrected chi connectivity index (χ0v) is 15.1. The van der Waals surface area contributed by atoms with Crippen molar-refractivity contribution in [2.75, 3.05) is 0 Å². The highest BCUT2D eigenvalue weighted by Gasteiger charge is 2.15. The summed E-state index contributed by atoms with van der Waals surface area (Å²) in [6.45, 7) is 3.75. The number of aromatic nitrogens is 4. The van der Waals surface area contributed by atoms with E-state index in [9.17, 15) is 9.59 Å². The standard InChI is InChI=1S/C19H20N6O2/c1-12-3-5-14(6-4-12)15-8-16(19(27)22-13(2)7-18(20)26)10-17(9-15)25-11-21-23-24-25/h3-6,8-11,13H,7H2,1-2H3,(H2,20,26)(H,22,27). The fourth-order valence-electron chi connectivity index (χ4n) is 2.73. The first-order valence-corrected chi connectivity index (χ1v) is 8.47. The van der Waals surface area contributed by atoms with Crippen molar-refractivity contribution in [3.63, 3.8) is 0 Å². The van der Waals surface area contributed by atoms with E-state index in [4.69, 9.17) is 5.73 Å². The highest BCUT2D eigenvalue weighted by atomic mass is 16.2. The van der Waals surface area contributed by atoms with Gasteiger partial charge >= 0.3 is 0 Å². The number of nitrogens with one attached hydrogen (secondary N) is 1. The largest absolute Gasteiger partial charge is 0.370 e. The molecule has 2 amide bonds. The van der Waals surface area contributed by atoms with Crippen molar-refractivity contribution < 1.29 is 9.59 Å². The summed E-state index contributed by atoms with van der Waals surface area (Å²) in [6, 6.07) is 13.0. The zero-order chi connectivity index (χ0) is 19.4. The molecule has 1 heterocycles. The van der Waals surface area contributed by atoms with Gasteiger partial charge in [-0.2, -0.15) is 0 Å². The molecular weight excluding hydrogens is 344 g/mol. The molecule has 0 fully saturated rings.